The number of benzene rings is 1. The number of carboxylic acids is 1. The number of aliphatic carboxylic acids is 1. The molecule has 1 aromatic carbocycles. The molecule has 1 unspecified atom stereocenters. The van der Waals surface area contributed by atoms with Gasteiger partial charge in [0.1, 0.15) is 6.04 Å². The third-order valence-electron chi connectivity index (χ3n) is 4.74. The monoisotopic (exact) mass is 303 g/mol. The summed E-state index contributed by atoms with van der Waals surface area (Å²) in [6.45, 7) is 5.79. The minimum atomic E-state index is -1.00. The van der Waals surface area contributed by atoms with Crippen LogP contribution in [-0.4, -0.2) is 23.0 Å². The van der Waals surface area contributed by atoms with Gasteiger partial charge < -0.3 is 10.4 Å². The first-order valence-corrected chi connectivity index (χ1v) is 8.01. The number of hydrogen-bond acceptors (Lipinski definition) is 2. The molecule has 0 spiro atoms. The van der Waals surface area contributed by atoms with Crippen LogP contribution in [0.5, 0.6) is 0 Å². The highest BCUT2D eigenvalue weighted by Gasteiger charge is 2.43. The fourth-order valence-corrected chi connectivity index (χ4v) is 3.21. The van der Waals surface area contributed by atoms with E-state index in [9.17, 15) is 9.59 Å². The molecule has 0 radical (unpaired) electrons. The van der Waals surface area contributed by atoms with Crippen LogP contribution in [0.2, 0.25) is 0 Å². The first-order valence-electron chi connectivity index (χ1n) is 8.01. The lowest BCUT2D eigenvalue weighted by molar-refractivity contribution is -0.142. The van der Waals surface area contributed by atoms with Crippen LogP contribution in [0.15, 0.2) is 24.3 Å². The Morgan fingerprint density at radius 3 is 2.09 bits per heavy atom. The van der Waals surface area contributed by atoms with Crippen molar-refractivity contribution in [2.45, 2.75) is 63.8 Å². The van der Waals surface area contributed by atoms with Crippen molar-refractivity contribution in [1.82, 2.24) is 5.32 Å². The molecule has 0 bridgehead atoms. The van der Waals surface area contributed by atoms with Crippen LogP contribution in [0.25, 0.3) is 0 Å². The largest absolute Gasteiger partial charge is 0.480 e. The minimum absolute atomic E-state index is 0.155. The zero-order valence-corrected chi connectivity index (χ0v) is 13.6. The van der Waals surface area contributed by atoms with Crippen LogP contribution >= 0.6 is 0 Å². The normalized spacial score (nSPS) is 18.2. The lowest BCUT2D eigenvalue weighted by atomic mass is 9.77. The van der Waals surface area contributed by atoms with E-state index in [-0.39, 0.29) is 5.91 Å². The van der Waals surface area contributed by atoms with Gasteiger partial charge in [-0.05, 0) is 36.8 Å². The summed E-state index contributed by atoms with van der Waals surface area (Å²) >= 11 is 0. The maximum absolute atomic E-state index is 12.7. The first kappa shape index (κ1) is 16.5. The quantitative estimate of drug-likeness (QED) is 0.877. The Kier molecular flexibility index (Phi) is 4.89. The highest BCUT2D eigenvalue weighted by molar-refractivity contribution is 5.91. The molecule has 4 heteroatoms. The van der Waals surface area contributed by atoms with Crippen molar-refractivity contribution in [3.8, 4) is 0 Å². The van der Waals surface area contributed by atoms with Gasteiger partial charge in [0.25, 0.3) is 0 Å². The number of carbonyl (C=O) groups is 2. The lowest BCUT2D eigenvalue weighted by Gasteiger charge is -2.29. The molecule has 0 saturated heterocycles. The van der Waals surface area contributed by atoms with Gasteiger partial charge in [-0.25, -0.2) is 0 Å². The van der Waals surface area contributed by atoms with Crippen molar-refractivity contribution in [3.63, 3.8) is 0 Å². The second kappa shape index (κ2) is 6.51. The number of carboxylic acid groups (broad SMARTS) is 1. The van der Waals surface area contributed by atoms with Gasteiger partial charge in [-0.3, -0.25) is 9.59 Å². The van der Waals surface area contributed by atoms with Gasteiger partial charge in [0, 0.05) is 0 Å². The zero-order valence-electron chi connectivity index (χ0n) is 13.6. The number of amides is 1. The van der Waals surface area contributed by atoms with Crippen LogP contribution in [0.1, 0.15) is 63.5 Å². The van der Waals surface area contributed by atoms with Gasteiger partial charge >= 0.3 is 5.97 Å². The molecular formula is C18H25NO3. The fraction of sp³-hybridized carbons (Fsp3) is 0.556. The molecule has 120 valence electrons. The van der Waals surface area contributed by atoms with Crippen LogP contribution in [-0.2, 0) is 15.0 Å². The van der Waals surface area contributed by atoms with Crippen molar-refractivity contribution in [2.75, 3.05) is 0 Å². The number of hydrogen-bond donors (Lipinski definition) is 2. The molecule has 1 amide bonds. The summed E-state index contributed by atoms with van der Waals surface area (Å²) < 4.78 is 0. The number of carbonyl (C=O) groups excluding carboxylic acids is 1. The minimum Gasteiger partial charge on any atom is -0.480 e. The van der Waals surface area contributed by atoms with E-state index in [4.69, 9.17) is 5.11 Å². The average molecular weight is 303 g/mol. The third-order valence-corrected chi connectivity index (χ3v) is 4.74. The van der Waals surface area contributed by atoms with Gasteiger partial charge in [0.15, 0.2) is 0 Å². The van der Waals surface area contributed by atoms with Gasteiger partial charge in [-0.1, -0.05) is 51.0 Å². The Balaban J connectivity index is 2.28. The van der Waals surface area contributed by atoms with E-state index in [1.807, 2.05) is 12.1 Å². The fourth-order valence-electron chi connectivity index (χ4n) is 3.21. The second-order valence-electron chi connectivity index (χ2n) is 6.60. The van der Waals surface area contributed by atoms with Crippen molar-refractivity contribution in [3.05, 3.63) is 35.4 Å². The molecule has 2 rings (SSSR count). The van der Waals surface area contributed by atoms with Gasteiger partial charge in [-0.2, -0.15) is 0 Å². The molecule has 1 aromatic rings. The maximum atomic E-state index is 12.7. The molecule has 0 aliphatic heterocycles. The van der Waals surface area contributed by atoms with E-state index in [0.717, 1.165) is 31.2 Å². The van der Waals surface area contributed by atoms with Gasteiger partial charge in [0.2, 0.25) is 5.91 Å². The summed E-state index contributed by atoms with van der Waals surface area (Å²) in [5, 5.41) is 11.7. The van der Waals surface area contributed by atoms with Gasteiger partial charge in [-0.15, -0.1) is 0 Å². The standard InChI is InChI=1S/C18H25NO3/c1-12(2)14-6-8-15(9-7-14)18(10-4-5-11-18)17(22)19-13(3)16(20)21/h6-9,12-13H,4-5,10-11H2,1-3H3,(H,19,22)(H,20,21). The molecular weight excluding hydrogens is 278 g/mol. The van der Waals surface area contributed by atoms with Crippen molar-refractivity contribution in [2.24, 2.45) is 0 Å². The zero-order chi connectivity index (χ0) is 16.3. The first-order chi connectivity index (χ1) is 10.4. The van der Waals surface area contributed by atoms with Crippen LogP contribution in [0.3, 0.4) is 0 Å². The molecule has 4 nitrogen and oxygen atoms in total. The molecule has 1 fully saturated rings. The highest BCUT2D eigenvalue weighted by atomic mass is 16.4. The summed E-state index contributed by atoms with van der Waals surface area (Å²) in [5.74, 6) is -0.705. The summed E-state index contributed by atoms with van der Waals surface area (Å²) in [7, 11) is 0. The topological polar surface area (TPSA) is 66.4 Å². The van der Waals surface area contributed by atoms with Gasteiger partial charge in [0.05, 0.1) is 5.41 Å². The molecule has 1 atom stereocenters. The molecule has 0 heterocycles. The number of nitrogens with one attached hydrogen (secondary N) is 1. The Morgan fingerprint density at radius 1 is 1.09 bits per heavy atom. The molecule has 1 saturated carbocycles. The maximum Gasteiger partial charge on any atom is 0.325 e. The van der Waals surface area contributed by atoms with E-state index in [0.29, 0.717) is 5.92 Å². The Hall–Kier alpha value is -1.84. The van der Waals surface area contributed by atoms with Crippen LogP contribution in [0.4, 0.5) is 0 Å². The van der Waals surface area contributed by atoms with E-state index < -0.39 is 17.4 Å². The smallest absolute Gasteiger partial charge is 0.325 e. The third kappa shape index (κ3) is 3.16. The van der Waals surface area contributed by atoms with Crippen LogP contribution < -0.4 is 5.32 Å². The summed E-state index contributed by atoms with van der Waals surface area (Å²) in [4.78, 5) is 23.7. The summed E-state index contributed by atoms with van der Waals surface area (Å²) in [6.07, 6.45) is 3.57. The SMILES string of the molecule is CC(NC(=O)C1(c2ccc(C(C)C)cc2)CCCC1)C(=O)O. The van der Waals surface area contributed by atoms with E-state index in [1.165, 1.54) is 12.5 Å². The molecule has 22 heavy (non-hydrogen) atoms. The highest BCUT2D eigenvalue weighted by Crippen LogP contribution is 2.41. The summed E-state index contributed by atoms with van der Waals surface area (Å²) in [5.41, 5.74) is 1.68. The molecule has 2 N–H and O–H groups in total. The number of rotatable bonds is 5. The van der Waals surface area contributed by atoms with E-state index in [1.54, 1.807) is 0 Å². The Morgan fingerprint density at radius 2 is 1.64 bits per heavy atom. The van der Waals surface area contributed by atoms with Crippen molar-refractivity contribution in [1.29, 1.82) is 0 Å². The van der Waals surface area contributed by atoms with E-state index >= 15 is 0 Å². The Bertz CT molecular complexity index is 542. The van der Waals surface area contributed by atoms with Crippen LogP contribution in [0, 0.1) is 0 Å². The van der Waals surface area contributed by atoms with Crippen molar-refractivity contribution < 1.29 is 14.7 Å². The molecule has 1 aliphatic carbocycles. The lowest BCUT2D eigenvalue weighted by Crippen LogP contribution is -2.48. The summed E-state index contributed by atoms with van der Waals surface area (Å²) in [6, 6.07) is 7.36. The average Bonchev–Trinajstić information content (AvgIpc) is 2.98. The molecule has 0 aromatic heterocycles. The molecule has 1 aliphatic rings. The predicted molar refractivity (Wildman–Crippen MR) is 85.9 cm³/mol. The van der Waals surface area contributed by atoms with E-state index in [2.05, 4.69) is 31.3 Å². The second-order valence-corrected chi connectivity index (χ2v) is 6.60. The Labute approximate surface area is 131 Å². The predicted octanol–water partition coefficient (Wildman–Crippen LogP) is 3.21. The van der Waals surface area contributed by atoms with Crippen molar-refractivity contribution >= 4 is 11.9 Å².